The Morgan fingerprint density at radius 3 is 2.50 bits per heavy atom. The van der Waals surface area contributed by atoms with Gasteiger partial charge in [-0.2, -0.15) is 11.8 Å². The van der Waals surface area contributed by atoms with Gasteiger partial charge in [-0.15, -0.1) is 0 Å². The quantitative estimate of drug-likeness (QED) is 0.880. The molecule has 0 heterocycles. The van der Waals surface area contributed by atoms with Crippen LogP contribution < -0.4 is 10.2 Å². The Morgan fingerprint density at radius 1 is 1.20 bits per heavy atom. The monoisotopic (exact) mass is 292 g/mol. The van der Waals surface area contributed by atoms with Crippen molar-refractivity contribution in [2.45, 2.75) is 49.9 Å². The summed E-state index contributed by atoms with van der Waals surface area (Å²) in [6.45, 7) is 2.29. The lowest BCUT2D eigenvalue weighted by atomic mass is 9.93. The summed E-state index contributed by atoms with van der Waals surface area (Å²) in [5.74, 6) is 0. The predicted molar refractivity (Wildman–Crippen MR) is 91.9 cm³/mol. The number of hydrogen-bond acceptors (Lipinski definition) is 3. The van der Waals surface area contributed by atoms with Gasteiger partial charge in [0.1, 0.15) is 0 Å². The van der Waals surface area contributed by atoms with E-state index in [1.165, 1.54) is 36.9 Å². The smallest absolute Gasteiger partial charge is 0.0361 e. The average Bonchev–Trinajstić information content (AvgIpc) is 2.47. The van der Waals surface area contributed by atoms with E-state index >= 15 is 0 Å². The minimum atomic E-state index is 0.441. The molecule has 20 heavy (non-hydrogen) atoms. The highest BCUT2D eigenvalue weighted by Gasteiger charge is 2.22. The molecule has 2 rings (SSSR count). The lowest BCUT2D eigenvalue weighted by Crippen LogP contribution is -2.36. The molecule has 1 aliphatic rings. The molecule has 3 unspecified atom stereocenters. The van der Waals surface area contributed by atoms with E-state index in [9.17, 15) is 0 Å². The first-order valence-electron chi connectivity index (χ1n) is 7.66. The molecule has 1 N–H and O–H groups in total. The highest BCUT2D eigenvalue weighted by atomic mass is 32.2. The molecule has 3 atom stereocenters. The molecule has 1 saturated carbocycles. The first-order valence-corrected chi connectivity index (χ1v) is 8.95. The molecule has 0 saturated heterocycles. The van der Waals surface area contributed by atoms with Crippen molar-refractivity contribution >= 4 is 17.4 Å². The van der Waals surface area contributed by atoms with E-state index in [2.05, 4.69) is 61.8 Å². The normalized spacial score (nSPS) is 24.4. The van der Waals surface area contributed by atoms with Crippen LogP contribution in [0.5, 0.6) is 0 Å². The molecule has 1 fully saturated rings. The van der Waals surface area contributed by atoms with Gasteiger partial charge in [-0.1, -0.05) is 18.6 Å². The number of nitrogens with one attached hydrogen (secondary N) is 1. The van der Waals surface area contributed by atoms with Crippen molar-refractivity contribution in [3.8, 4) is 0 Å². The molecule has 0 bridgehead atoms. The lowest BCUT2D eigenvalue weighted by Gasteiger charge is -2.31. The van der Waals surface area contributed by atoms with Gasteiger partial charge in [0.15, 0.2) is 0 Å². The Balaban J connectivity index is 1.92. The van der Waals surface area contributed by atoms with Crippen molar-refractivity contribution < 1.29 is 0 Å². The zero-order valence-corrected chi connectivity index (χ0v) is 14.0. The van der Waals surface area contributed by atoms with Crippen molar-refractivity contribution in [3.63, 3.8) is 0 Å². The summed E-state index contributed by atoms with van der Waals surface area (Å²) in [7, 11) is 4.17. The summed E-state index contributed by atoms with van der Waals surface area (Å²) < 4.78 is 0. The fraction of sp³-hybridized carbons (Fsp3) is 0.647. The number of anilines is 1. The first-order chi connectivity index (χ1) is 9.60. The Kier molecular flexibility index (Phi) is 5.79. The van der Waals surface area contributed by atoms with Gasteiger partial charge in [0, 0.05) is 37.1 Å². The summed E-state index contributed by atoms with van der Waals surface area (Å²) in [6.07, 6.45) is 7.66. The highest BCUT2D eigenvalue weighted by Crippen LogP contribution is 2.28. The molecule has 0 radical (unpaired) electrons. The first kappa shape index (κ1) is 15.7. The molecule has 1 aromatic rings. The van der Waals surface area contributed by atoms with Gasteiger partial charge in [-0.05, 0) is 50.1 Å². The van der Waals surface area contributed by atoms with Crippen LogP contribution in [0.15, 0.2) is 24.3 Å². The molecule has 2 nitrogen and oxygen atoms in total. The van der Waals surface area contributed by atoms with Crippen molar-refractivity contribution in [2.75, 3.05) is 25.3 Å². The van der Waals surface area contributed by atoms with E-state index in [0.29, 0.717) is 12.1 Å². The van der Waals surface area contributed by atoms with Crippen molar-refractivity contribution in [1.29, 1.82) is 0 Å². The van der Waals surface area contributed by atoms with Crippen LogP contribution in [0.25, 0.3) is 0 Å². The van der Waals surface area contributed by atoms with Crippen LogP contribution in [0.1, 0.15) is 44.2 Å². The number of hydrogen-bond donors (Lipinski definition) is 1. The number of nitrogens with zero attached hydrogens (tertiary/aromatic N) is 1. The van der Waals surface area contributed by atoms with E-state index in [0.717, 1.165) is 5.25 Å². The maximum Gasteiger partial charge on any atom is 0.0361 e. The SMILES string of the molecule is CSC1CCCC(NC(C)c2ccc(N(C)C)cc2)C1. The molecule has 0 amide bonds. The molecule has 0 aromatic heterocycles. The van der Waals surface area contributed by atoms with Crippen LogP contribution >= 0.6 is 11.8 Å². The van der Waals surface area contributed by atoms with E-state index in [1.807, 2.05) is 11.8 Å². The fourth-order valence-corrected chi connectivity index (χ4v) is 3.85. The van der Waals surface area contributed by atoms with Gasteiger partial charge in [0.05, 0.1) is 0 Å². The molecular weight excluding hydrogens is 264 g/mol. The maximum absolute atomic E-state index is 3.82. The third-order valence-electron chi connectivity index (χ3n) is 4.35. The number of rotatable bonds is 5. The molecule has 112 valence electrons. The van der Waals surface area contributed by atoms with E-state index in [4.69, 9.17) is 0 Å². The number of benzene rings is 1. The zero-order chi connectivity index (χ0) is 14.5. The largest absolute Gasteiger partial charge is 0.378 e. The molecule has 0 aliphatic heterocycles. The van der Waals surface area contributed by atoms with E-state index in [1.54, 1.807) is 0 Å². The molecule has 1 aliphatic carbocycles. The van der Waals surface area contributed by atoms with Crippen LogP contribution in [-0.2, 0) is 0 Å². The third kappa shape index (κ3) is 4.16. The van der Waals surface area contributed by atoms with E-state index in [-0.39, 0.29) is 0 Å². The second kappa shape index (κ2) is 7.37. The van der Waals surface area contributed by atoms with Gasteiger partial charge < -0.3 is 10.2 Å². The van der Waals surface area contributed by atoms with Crippen LogP contribution in [0.4, 0.5) is 5.69 Å². The maximum atomic E-state index is 3.82. The van der Waals surface area contributed by atoms with Crippen LogP contribution in [-0.4, -0.2) is 31.6 Å². The second-order valence-corrected chi connectivity index (χ2v) is 7.23. The van der Waals surface area contributed by atoms with Crippen molar-refractivity contribution in [2.24, 2.45) is 0 Å². The number of thioether (sulfide) groups is 1. The Labute approximate surface area is 128 Å². The molecule has 1 aromatic carbocycles. The van der Waals surface area contributed by atoms with Crippen molar-refractivity contribution in [1.82, 2.24) is 5.32 Å². The van der Waals surface area contributed by atoms with E-state index < -0.39 is 0 Å². The third-order valence-corrected chi connectivity index (χ3v) is 5.45. The minimum Gasteiger partial charge on any atom is -0.378 e. The standard InChI is InChI=1S/C17H28N2S/c1-13(14-8-10-16(11-9-14)19(2)3)18-15-6-5-7-17(12-15)20-4/h8-11,13,15,17-18H,5-7,12H2,1-4H3. The zero-order valence-electron chi connectivity index (χ0n) is 13.2. The second-order valence-electron chi connectivity index (χ2n) is 6.10. The predicted octanol–water partition coefficient (Wildman–Crippen LogP) is 4.08. The minimum absolute atomic E-state index is 0.441. The fourth-order valence-electron chi connectivity index (χ4n) is 3.02. The van der Waals surface area contributed by atoms with Gasteiger partial charge in [-0.3, -0.25) is 0 Å². The molecule has 0 spiro atoms. The Morgan fingerprint density at radius 2 is 1.90 bits per heavy atom. The highest BCUT2D eigenvalue weighted by molar-refractivity contribution is 7.99. The van der Waals surface area contributed by atoms with Gasteiger partial charge in [0.25, 0.3) is 0 Å². The Bertz CT molecular complexity index is 402. The summed E-state index contributed by atoms with van der Waals surface area (Å²) in [6, 6.07) is 10.0. The van der Waals surface area contributed by atoms with Gasteiger partial charge >= 0.3 is 0 Å². The van der Waals surface area contributed by atoms with Crippen LogP contribution in [0.2, 0.25) is 0 Å². The molecule has 3 heteroatoms. The van der Waals surface area contributed by atoms with Crippen LogP contribution in [0, 0.1) is 0 Å². The van der Waals surface area contributed by atoms with Crippen molar-refractivity contribution in [3.05, 3.63) is 29.8 Å². The molecular formula is C17H28N2S. The Hall–Kier alpha value is -0.670. The topological polar surface area (TPSA) is 15.3 Å². The van der Waals surface area contributed by atoms with Gasteiger partial charge in [0.2, 0.25) is 0 Å². The summed E-state index contributed by atoms with van der Waals surface area (Å²) in [4.78, 5) is 2.14. The summed E-state index contributed by atoms with van der Waals surface area (Å²) in [5.41, 5.74) is 2.66. The average molecular weight is 292 g/mol. The summed E-state index contributed by atoms with van der Waals surface area (Å²) in [5, 5.41) is 4.67. The lowest BCUT2D eigenvalue weighted by molar-refractivity contribution is 0.353. The summed E-state index contributed by atoms with van der Waals surface area (Å²) >= 11 is 2.03. The van der Waals surface area contributed by atoms with Crippen LogP contribution in [0.3, 0.4) is 0 Å². The van der Waals surface area contributed by atoms with Gasteiger partial charge in [-0.25, -0.2) is 0 Å².